The van der Waals surface area contributed by atoms with Crippen LogP contribution in [0, 0.1) is 0 Å². The standard InChI is InChI=1S/C27H28O6S2/c1-20(25(28)33-27(2,3)4)24(21-14-8-5-9-15-21)26(34(29,30)22-16-10-6-11-17-22)35(31,32)23-18-12-7-13-19-23/h5-19,24,26H,1H2,2-4H3. The van der Waals surface area contributed by atoms with Gasteiger partial charge in [0.15, 0.2) is 24.3 Å². The largest absolute Gasteiger partial charge is 0.457 e. The van der Waals surface area contributed by atoms with Crippen molar-refractivity contribution in [2.45, 2.75) is 46.7 Å². The van der Waals surface area contributed by atoms with Gasteiger partial charge in [0.1, 0.15) is 5.60 Å². The van der Waals surface area contributed by atoms with Gasteiger partial charge in [0.2, 0.25) is 0 Å². The fraction of sp³-hybridized carbons (Fsp3) is 0.222. The maximum Gasteiger partial charge on any atom is 0.334 e. The molecule has 6 nitrogen and oxygen atoms in total. The molecule has 0 saturated heterocycles. The Morgan fingerprint density at radius 1 is 0.714 bits per heavy atom. The molecule has 0 heterocycles. The SMILES string of the molecule is C=C(C(=O)OC(C)(C)C)C(c1ccccc1)C(S(=O)(=O)c1ccccc1)S(=O)(=O)c1ccccc1. The third-order valence-corrected chi connectivity index (χ3v) is 10.4. The van der Waals surface area contributed by atoms with Crippen LogP contribution in [0.4, 0.5) is 0 Å². The van der Waals surface area contributed by atoms with Crippen molar-refractivity contribution in [2.75, 3.05) is 0 Å². The minimum Gasteiger partial charge on any atom is -0.457 e. The summed E-state index contributed by atoms with van der Waals surface area (Å²) in [5.41, 5.74) is -0.851. The lowest BCUT2D eigenvalue weighted by atomic mass is 9.93. The van der Waals surface area contributed by atoms with E-state index in [4.69, 9.17) is 4.74 Å². The number of rotatable bonds is 8. The molecule has 0 amide bonds. The summed E-state index contributed by atoms with van der Waals surface area (Å²) in [6.45, 7) is 8.83. The van der Waals surface area contributed by atoms with Gasteiger partial charge in [-0.05, 0) is 50.6 Å². The van der Waals surface area contributed by atoms with Crippen LogP contribution in [0.1, 0.15) is 32.3 Å². The van der Waals surface area contributed by atoms with E-state index in [0.29, 0.717) is 5.56 Å². The Kier molecular flexibility index (Phi) is 7.67. The van der Waals surface area contributed by atoms with E-state index in [1.807, 2.05) is 0 Å². The zero-order valence-electron chi connectivity index (χ0n) is 19.8. The molecule has 0 spiro atoms. The highest BCUT2D eigenvalue weighted by atomic mass is 32.3. The fourth-order valence-corrected chi connectivity index (χ4v) is 8.64. The first-order chi connectivity index (χ1) is 16.4. The Hall–Kier alpha value is -3.23. The van der Waals surface area contributed by atoms with Crippen molar-refractivity contribution in [1.29, 1.82) is 0 Å². The van der Waals surface area contributed by atoms with Crippen LogP contribution < -0.4 is 0 Å². The number of carbonyl (C=O) groups excluding carboxylic acids is 1. The van der Waals surface area contributed by atoms with Crippen molar-refractivity contribution in [3.8, 4) is 0 Å². The van der Waals surface area contributed by atoms with Crippen LogP contribution in [0.2, 0.25) is 0 Å². The second-order valence-corrected chi connectivity index (χ2v) is 13.4. The van der Waals surface area contributed by atoms with E-state index in [9.17, 15) is 21.6 Å². The Morgan fingerprint density at radius 2 is 1.09 bits per heavy atom. The third-order valence-electron chi connectivity index (χ3n) is 5.22. The van der Waals surface area contributed by atoms with Gasteiger partial charge >= 0.3 is 5.97 Å². The summed E-state index contributed by atoms with van der Waals surface area (Å²) in [4.78, 5) is 12.7. The van der Waals surface area contributed by atoms with Crippen LogP contribution in [0.5, 0.6) is 0 Å². The predicted octanol–water partition coefficient (Wildman–Crippen LogP) is 4.94. The first-order valence-corrected chi connectivity index (χ1v) is 14.0. The molecule has 184 valence electrons. The molecule has 0 saturated carbocycles. The molecule has 8 heteroatoms. The number of sulfone groups is 2. The molecule has 0 radical (unpaired) electrons. The average molecular weight is 513 g/mol. The van der Waals surface area contributed by atoms with E-state index < -0.39 is 41.7 Å². The first-order valence-electron chi connectivity index (χ1n) is 10.9. The van der Waals surface area contributed by atoms with Crippen molar-refractivity contribution in [3.05, 3.63) is 109 Å². The van der Waals surface area contributed by atoms with Gasteiger partial charge in [0.05, 0.1) is 9.79 Å². The van der Waals surface area contributed by atoms with Gasteiger partial charge in [-0.25, -0.2) is 21.6 Å². The molecular weight excluding hydrogens is 484 g/mol. The molecule has 3 rings (SSSR count). The highest BCUT2D eigenvalue weighted by molar-refractivity contribution is 8.09. The predicted molar refractivity (Wildman–Crippen MR) is 135 cm³/mol. The number of carbonyl (C=O) groups is 1. The topological polar surface area (TPSA) is 94.6 Å². The van der Waals surface area contributed by atoms with E-state index in [1.54, 1.807) is 63.2 Å². The smallest absolute Gasteiger partial charge is 0.334 e. The lowest BCUT2D eigenvalue weighted by Gasteiger charge is -2.30. The van der Waals surface area contributed by atoms with Crippen molar-refractivity contribution in [2.24, 2.45) is 0 Å². The maximum atomic E-state index is 14.0. The minimum absolute atomic E-state index is 0.178. The summed E-state index contributed by atoms with van der Waals surface area (Å²) in [6, 6.07) is 22.8. The second kappa shape index (κ2) is 10.2. The maximum absolute atomic E-state index is 14.0. The third kappa shape index (κ3) is 5.89. The van der Waals surface area contributed by atoms with Crippen molar-refractivity contribution >= 4 is 25.6 Å². The molecule has 0 aliphatic carbocycles. The zero-order valence-corrected chi connectivity index (χ0v) is 21.4. The molecule has 35 heavy (non-hydrogen) atoms. The highest BCUT2D eigenvalue weighted by Gasteiger charge is 2.48. The monoisotopic (exact) mass is 512 g/mol. The summed E-state index contributed by atoms with van der Waals surface area (Å²) in [5, 5.41) is 0. The Bertz CT molecular complexity index is 1320. The van der Waals surface area contributed by atoms with Crippen LogP contribution in [-0.2, 0) is 29.2 Å². The Balaban J connectivity index is 2.33. The molecule has 0 aromatic heterocycles. The number of ether oxygens (including phenoxy) is 1. The van der Waals surface area contributed by atoms with Crippen LogP contribution in [0.15, 0.2) is 113 Å². The van der Waals surface area contributed by atoms with E-state index in [-0.39, 0.29) is 15.4 Å². The van der Waals surface area contributed by atoms with Gasteiger partial charge in [0.25, 0.3) is 0 Å². The van der Waals surface area contributed by atoms with Crippen molar-refractivity contribution in [3.63, 3.8) is 0 Å². The molecule has 1 unspecified atom stereocenters. The first kappa shape index (κ1) is 26.4. The summed E-state index contributed by atoms with van der Waals surface area (Å²) in [5.74, 6) is -2.30. The van der Waals surface area contributed by atoms with E-state index in [1.165, 1.54) is 48.5 Å². The highest BCUT2D eigenvalue weighted by Crippen LogP contribution is 2.40. The molecule has 0 N–H and O–H groups in total. The van der Waals surface area contributed by atoms with Crippen LogP contribution in [-0.4, -0.2) is 33.0 Å². The summed E-state index contributed by atoms with van der Waals surface area (Å²) >= 11 is 0. The quantitative estimate of drug-likeness (QED) is 0.313. The number of esters is 1. The Morgan fingerprint density at radius 3 is 1.46 bits per heavy atom. The second-order valence-electron chi connectivity index (χ2n) is 9.00. The van der Waals surface area contributed by atoms with Gasteiger partial charge < -0.3 is 4.74 Å². The van der Waals surface area contributed by atoms with E-state index >= 15 is 0 Å². The van der Waals surface area contributed by atoms with Gasteiger partial charge in [-0.3, -0.25) is 0 Å². The van der Waals surface area contributed by atoms with Crippen molar-refractivity contribution in [1.82, 2.24) is 0 Å². The van der Waals surface area contributed by atoms with E-state index in [2.05, 4.69) is 6.58 Å². The molecular formula is C27H28O6S2. The lowest BCUT2D eigenvalue weighted by molar-refractivity contribution is -0.150. The van der Waals surface area contributed by atoms with E-state index in [0.717, 1.165) is 0 Å². The normalized spacial score (nSPS) is 13.3. The summed E-state index contributed by atoms with van der Waals surface area (Å²) < 4.78 is 59.4. The number of hydrogen-bond donors (Lipinski definition) is 0. The van der Waals surface area contributed by atoms with Gasteiger partial charge in [-0.2, -0.15) is 0 Å². The summed E-state index contributed by atoms with van der Waals surface area (Å²) in [7, 11) is -9.07. The molecule has 3 aromatic rings. The van der Waals surface area contributed by atoms with Gasteiger partial charge in [-0.15, -0.1) is 0 Å². The van der Waals surface area contributed by atoms with Crippen LogP contribution in [0.3, 0.4) is 0 Å². The Labute approximate surface area is 207 Å². The molecule has 0 fully saturated rings. The van der Waals surface area contributed by atoms with Gasteiger partial charge in [-0.1, -0.05) is 73.3 Å². The van der Waals surface area contributed by atoms with Crippen LogP contribution in [0.25, 0.3) is 0 Å². The molecule has 1 atom stereocenters. The minimum atomic E-state index is -4.53. The average Bonchev–Trinajstić information content (AvgIpc) is 2.82. The molecule has 0 bridgehead atoms. The molecule has 0 aliphatic heterocycles. The van der Waals surface area contributed by atoms with Crippen LogP contribution >= 0.6 is 0 Å². The zero-order chi connectivity index (χ0) is 25.9. The number of benzene rings is 3. The summed E-state index contributed by atoms with van der Waals surface area (Å²) in [6.07, 6.45) is 0. The van der Waals surface area contributed by atoms with Gasteiger partial charge in [0, 0.05) is 11.5 Å². The fourth-order valence-electron chi connectivity index (χ4n) is 3.67. The lowest BCUT2D eigenvalue weighted by Crippen LogP contribution is -2.39. The van der Waals surface area contributed by atoms with Crippen molar-refractivity contribution < 1.29 is 26.4 Å². The molecule has 3 aromatic carbocycles. The number of hydrogen-bond acceptors (Lipinski definition) is 6. The molecule has 0 aliphatic rings.